The van der Waals surface area contributed by atoms with Gasteiger partial charge in [-0.2, -0.15) is 10.1 Å². The highest BCUT2D eigenvalue weighted by atomic mass is 16.5. The molecule has 0 saturated heterocycles. The van der Waals surface area contributed by atoms with Crippen molar-refractivity contribution in [2.45, 2.75) is 33.2 Å². The van der Waals surface area contributed by atoms with Gasteiger partial charge >= 0.3 is 0 Å². The molecule has 22 heavy (non-hydrogen) atoms. The molecule has 2 heterocycles. The third-order valence-electron chi connectivity index (χ3n) is 2.96. The molecule has 2 aromatic rings. The number of rotatable bonds is 6. The van der Waals surface area contributed by atoms with E-state index >= 15 is 0 Å². The molecule has 0 aromatic carbocycles. The Morgan fingerprint density at radius 1 is 1.50 bits per heavy atom. The van der Waals surface area contributed by atoms with Crippen molar-refractivity contribution in [1.29, 1.82) is 0 Å². The lowest BCUT2D eigenvalue weighted by molar-refractivity contribution is 0.167. The molecular formula is C15H23N5O2. The second-order valence-electron chi connectivity index (χ2n) is 6.32. The molecule has 0 fully saturated rings. The van der Waals surface area contributed by atoms with Crippen molar-refractivity contribution in [3.8, 4) is 0 Å². The summed E-state index contributed by atoms with van der Waals surface area (Å²) in [5.74, 6) is 0.419. The van der Waals surface area contributed by atoms with Gasteiger partial charge < -0.3 is 10.1 Å². The fourth-order valence-electron chi connectivity index (χ4n) is 1.98. The Morgan fingerprint density at radius 3 is 2.86 bits per heavy atom. The molecule has 7 heteroatoms. The van der Waals surface area contributed by atoms with Gasteiger partial charge in [-0.1, -0.05) is 12.2 Å². The van der Waals surface area contributed by atoms with Crippen molar-refractivity contribution in [2.24, 2.45) is 0 Å². The number of nitrogens with one attached hydrogen (secondary N) is 2. The monoisotopic (exact) mass is 305 g/mol. The highest BCUT2D eigenvalue weighted by molar-refractivity contribution is 5.74. The van der Waals surface area contributed by atoms with Crippen LogP contribution in [0.25, 0.3) is 11.0 Å². The summed E-state index contributed by atoms with van der Waals surface area (Å²) in [5, 5.41) is 7.81. The summed E-state index contributed by atoms with van der Waals surface area (Å²) in [6.45, 7) is 13.3. The largest absolute Gasteiger partial charge is 0.375 e. The van der Waals surface area contributed by atoms with E-state index in [1.165, 1.54) is 0 Å². The predicted molar refractivity (Wildman–Crippen MR) is 87.3 cm³/mol. The second-order valence-corrected chi connectivity index (χ2v) is 6.32. The van der Waals surface area contributed by atoms with Crippen LogP contribution < -0.4 is 10.9 Å². The molecule has 0 amide bonds. The van der Waals surface area contributed by atoms with Gasteiger partial charge in [-0.15, -0.1) is 0 Å². The van der Waals surface area contributed by atoms with E-state index in [4.69, 9.17) is 4.74 Å². The zero-order valence-electron chi connectivity index (χ0n) is 13.6. The van der Waals surface area contributed by atoms with Gasteiger partial charge in [0.05, 0.1) is 24.9 Å². The molecule has 0 spiro atoms. The number of hydrogen-bond donors (Lipinski definition) is 2. The van der Waals surface area contributed by atoms with Crippen LogP contribution in [0, 0.1) is 0 Å². The zero-order chi connectivity index (χ0) is 16.3. The minimum atomic E-state index is -0.246. The molecule has 0 atom stereocenters. The number of H-pyrrole nitrogens is 1. The van der Waals surface area contributed by atoms with Crippen LogP contribution in [0.3, 0.4) is 0 Å². The molecule has 2 rings (SSSR count). The van der Waals surface area contributed by atoms with Gasteiger partial charge in [-0.25, -0.2) is 4.68 Å². The van der Waals surface area contributed by atoms with Crippen LogP contribution in [0.2, 0.25) is 0 Å². The highest BCUT2D eigenvalue weighted by Gasteiger charge is 2.19. The summed E-state index contributed by atoms with van der Waals surface area (Å²) in [5.41, 5.74) is 1.10. The average Bonchev–Trinajstić information content (AvgIpc) is 2.82. The number of ether oxygens (including phenoxy) is 1. The van der Waals surface area contributed by atoms with E-state index in [-0.39, 0.29) is 11.1 Å². The summed E-state index contributed by atoms with van der Waals surface area (Å²) in [7, 11) is 0. The summed E-state index contributed by atoms with van der Waals surface area (Å²) >= 11 is 0. The van der Waals surface area contributed by atoms with Crippen LogP contribution in [0.5, 0.6) is 0 Å². The lowest BCUT2D eigenvalue weighted by Gasteiger charge is -2.19. The SMILES string of the molecule is C=C(C)COCCNc1nc2c(cnn2C(C)(C)C)c(=O)[nH]1. The first-order valence-corrected chi connectivity index (χ1v) is 7.23. The van der Waals surface area contributed by atoms with E-state index in [1.54, 1.807) is 10.9 Å². The fraction of sp³-hybridized carbons (Fsp3) is 0.533. The first kappa shape index (κ1) is 16.2. The van der Waals surface area contributed by atoms with Crippen LogP contribution in [-0.2, 0) is 10.3 Å². The van der Waals surface area contributed by atoms with Crippen molar-refractivity contribution < 1.29 is 4.74 Å². The molecule has 0 radical (unpaired) electrons. The van der Waals surface area contributed by atoms with E-state index in [2.05, 4.69) is 27.0 Å². The number of aromatic amines is 1. The van der Waals surface area contributed by atoms with Crippen molar-refractivity contribution in [2.75, 3.05) is 25.1 Å². The van der Waals surface area contributed by atoms with E-state index in [0.29, 0.717) is 36.7 Å². The quantitative estimate of drug-likeness (QED) is 0.629. The van der Waals surface area contributed by atoms with Crippen LogP contribution in [0.15, 0.2) is 23.1 Å². The summed E-state index contributed by atoms with van der Waals surface area (Å²) in [4.78, 5) is 19.3. The molecule has 0 bridgehead atoms. The third-order valence-corrected chi connectivity index (χ3v) is 2.96. The van der Waals surface area contributed by atoms with Crippen LogP contribution in [0.1, 0.15) is 27.7 Å². The first-order valence-electron chi connectivity index (χ1n) is 7.23. The molecule has 0 aliphatic heterocycles. The lowest BCUT2D eigenvalue weighted by atomic mass is 10.1. The molecule has 2 aromatic heterocycles. The Hall–Kier alpha value is -2.15. The van der Waals surface area contributed by atoms with Gasteiger partial charge in [-0.3, -0.25) is 9.78 Å². The molecular weight excluding hydrogens is 282 g/mol. The van der Waals surface area contributed by atoms with Crippen molar-refractivity contribution in [1.82, 2.24) is 19.7 Å². The topological polar surface area (TPSA) is 84.8 Å². The molecule has 0 aliphatic carbocycles. The third kappa shape index (κ3) is 3.73. The zero-order valence-corrected chi connectivity index (χ0v) is 13.6. The van der Waals surface area contributed by atoms with E-state index in [1.807, 2.05) is 27.7 Å². The molecule has 0 saturated carbocycles. The van der Waals surface area contributed by atoms with Crippen LogP contribution in [-0.4, -0.2) is 39.5 Å². The molecule has 7 nitrogen and oxygen atoms in total. The Balaban J connectivity index is 2.14. The lowest BCUT2D eigenvalue weighted by Crippen LogP contribution is -2.24. The smallest absolute Gasteiger partial charge is 0.263 e. The van der Waals surface area contributed by atoms with Crippen LogP contribution >= 0.6 is 0 Å². The number of nitrogens with zero attached hydrogens (tertiary/aromatic N) is 3. The number of fused-ring (bicyclic) bond motifs is 1. The van der Waals surface area contributed by atoms with Crippen molar-refractivity contribution >= 4 is 17.0 Å². The minimum absolute atomic E-state index is 0.203. The second kappa shape index (κ2) is 6.31. The molecule has 0 aliphatic rings. The van der Waals surface area contributed by atoms with E-state index in [0.717, 1.165) is 5.57 Å². The van der Waals surface area contributed by atoms with Crippen molar-refractivity contribution in [3.05, 3.63) is 28.7 Å². The van der Waals surface area contributed by atoms with Crippen molar-refractivity contribution in [3.63, 3.8) is 0 Å². The standard InChI is InChI=1S/C15H23N5O2/c1-10(2)9-22-7-6-16-14-18-12-11(13(21)19-14)8-17-20(12)15(3,4)5/h8H,1,6-7,9H2,2-5H3,(H2,16,18,19,21). The first-order chi connectivity index (χ1) is 10.3. The van der Waals surface area contributed by atoms with Gasteiger partial charge in [-0.05, 0) is 27.7 Å². The molecule has 2 N–H and O–H groups in total. The maximum atomic E-state index is 12.1. The summed E-state index contributed by atoms with van der Waals surface area (Å²) in [6.07, 6.45) is 1.55. The molecule has 0 unspecified atom stereocenters. The maximum Gasteiger partial charge on any atom is 0.263 e. The summed E-state index contributed by atoms with van der Waals surface area (Å²) in [6, 6.07) is 0. The maximum absolute atomic E-state index is 12.1. The minimum Gasteiger partial charge on any atom is -0.375 e. The number of anilines is 1. The Morgan fingerprint density at radius 2 is 2.23 bits per heavy atom. The predicted octanol–water partition coefficient (Wildman–Crippen LogP) is 1.88. The molecule has 120 valence electrons. The summed E-state index contributed by atoms with van der Waals surface area (Å²) < 4.78 is 7.15. The average molecular weight is 305 g/mol. The van der Waals surface area contributed by atoms with Crippen LogP contribution in [0.4, 0.5) is 5.95 Å². The Labute approximate surface area is 129 Å². The van der Waals surface area contributed by atoms with Gasteiger partial charge in [0, 0.05) is 6.54 Å². The Kier molecular flexibility index (Phi) is 4.65. The Bertz CT molecular complexity index is 724. The number of aromatic nitrogens is 4. The van der Waals surface area contributed by atoms with Gasteiger partial charge in [0.2, 0.25) is 5.95 Å². The normalized spacial score (nSPS) is 11.8. The van der Waals surface area contributed by atoms with E-state index in [9.17, 15) is 4.79 Å². The fourth-order valence-corrected chi connectivity index (χ4v) is 1.98. The van der Waals surface area contributed by atoms with Gasteiger partial charge in [0.15, 0.2) is 5.65 Å². The number of hydrogen-bond acceptors (Lipinski definition) is 5. The van der Waals surface area contributed by atoms with Gasteiger partial charge in [0.25, 0.3) is 5.56 Å². The van der Waals surface area contributed by atoms with E-state index < -0.39 is 0 Å². The highest BCUT2D eigenvalue weighted by Crippen LogP contribution is 2.18. The van der Waals surface area contributed by atoms with Gasteiger partial charge in [0.1, 0.15) is 5.39 Å².